The highest BCUT2D eigenvalue weighted by Crippen LogP contribution is 2.25. The highest BCUT2D eigenvalue weighted by atomic mass is 16.5. The molecule has 0 bridgehead atoms. The molecule has 2 heterocycles. The van der Waals surface area contributed by atoms with Crippen molar-refractivity contribution >= 4 is 5.91 Å². The predicted molar refractivity (Wildman–Crippen MR) is 86.1 cm³/mol. The summed E-state index contributed by atoms with van der Waals surface area (Å²) in [6.07, 6.45) is 2.60. The zero-order chi connectivity index (χ0) is 16.2. The molecule has 0 atom stereocenters. The molecule has 1 aromatic carbocycles. The van der Waals surface area contributed by atoms with Crippen molar-refractivity contribution in [3.63, 3.8) is 0 Å². The molecule has 1 aliphatic rings. The first-order valence-corrected chi connectivity index (χ1v) is 8.02. The number of amides is 1. The zero-order valence-corrected chi connectivity index (χ0v) is 13.6. The fraction of sp³-hybridized carbons (Fsp3) is 0.471. The van der Waals surface area contributed by atoms with Crippen LogP contribution in [-0.4, -0.2) is 39.0 Å². The van der Waals surface area contributed by atoms with Crippen LogP contribution in [0.2, 0.25) is 0 Å². The van der Waals surface area contributed by atoms with Gasteiger partial charge in [-0.1, -0.05) is 37.3 Å². The van der Waals surface area contributed by atoms with Crippen molar-refractivity contribution in [1.82, 2.24) is 19.9 Å². The van der Waals surface area contributed by atoms with Crippen LogP contribution in [0.15, 0.2) is 30.5 Å². The normalized spacial score (nSPS) is 14.5. The van der Waals surface area contributed by atoms with E-state index in [0.717, 1.165) is 36.5 Å². The molecule has 0 saturated heterocycles. The fourth-order valence-corrected chi connectivity index (χ4v) is 2.81. The first kappa shape index (κ1) is 15.5. The number of nitrogens with zero attached hydrogens (tertiary/aromatic N) is 4. The lowest BCUT2D eigenvalue weighted by atomic mass is 10.0. The van der Waals surface area contributed by atoms with Crippen molar-refractivity contribution in [3.05, 3.63) is 41.7 Å². The Labute approximate surface area is 136 Å². The van der Waals surface area contributed by atoms with Crippen LogP contribution in [0, 0.1) is 0 Å². The molecular weight excluding hydrogens is 292 g/mol. The Bertz CT molecular complexity index is 681. The van der Waals surface area contributed by atoms with Crippen molar-refractivity contribution in [2.24, 2.45) is 0 Å². The first-order chi connectivity index (χ1) is 11.1. The molecule has 6 heteroatoms. The largest absolute Gasteiger partial charge is 0.483 e. The Morgan fingerprint density at radius 2 is 2.13 bits per heavy atom. The second-order valence-corrected chi connectivity index (χ2v) is 6.10. The van der Waals surface area contributed by atoms with Crippen LogP contribution in [-0.2, 0) is 17.9 Å². The molecule has 23 heavy (non-hydrogen) atoms. The van der Waals surface area contributed by atoms with E-state index in [4.69, 9.17) is 4.74 Å². The van der Waals surface area contributed by atoms with E-state index in [1.807, 2.05) is 33.8 Å². The number of hydrogen-bond acceptors (Lipinski definition) is 4. The molecule has 0 radical (unpaired) electrons. The summed E-state index contributed by atoms with van der Waals surface area (Å²) >= 11 is 0. The number of carbonyl (C=O) groups is 1. The zero-order valence-electron chi connectivity index (χ0n) is 13.6. The topological polar surface area (TPSA) is 60.2 Å². The SMILES string of the molecule is CC(C)c1ccccc1OCC(=O)N1CCCn2nncc2C1. The van der Waals surface area contributed by atoms with Crippen LogP contribution in [0.1, 0.15) is 37.4 Å². The molecule has 1 amide bonds. The summed E-state index contributed by atoms with van der Waals surface area (Å²) in [6.45, 7) is 6.36. The van der Waals surface area contributed by atoms with Crippen LogP contribution < -0.4 is 4.74 Å². The van der Waals surface area contributed by atoms with Gasteiger partial charge < -0.3 is 9.64 Å². The van der Waals surface area contributed by atoms with Crippen LogP contribution >= 0.6 is 0 Å². The minimum absolute atomic E-state index is 0.00166. The fourth-order valence-electron chi connectivity index (χ4n) is 2.81. The molecule has 0 spiro atoms. The average molecular weight is 314 g/mol. The third-order valence-corrected chi connectivity index (χ3v) is 4.09. The van der Waals surface area contributed by atoms with Gasteiger partial charge in [0.05, 0.1) is 18.4 Å². The van der Waals surface area contributed by atoms with Gasteiger partial charge in [-0.25, -0.2) is 4.68 Å². The molecule has 2 aromatic rings. The van der Waals surface area contributed by atoms with Gasteiger partial charge in [0.25, 0.3) is 5.91 Å². The van der Waals surface area contributed by atoms with E-state index >= 15 is 0 Å². The van der Waals surface area contributed by atoms with Crippen LogP contribution in [0.5, 0.6) is 5.75 Å². The van der Waals surface area contributed by atoms with Crippen molar-refractivity contribution < 1.29 is 9.53 Å². The number of para-hydroxylation sites is 1. The monoisotopic (exact) mass is 314 g/mol. The minimum atomic E-state index is -0.00166. The maximum absolute atomic E-state index is 12.5. The van der Waals surface area contributed by atoms with Gasteiger partial charge in [0.1, 0.15) is 5.75 Å². The standard InChI is InChI=1S/C17H22N4O2/c1-13(2)15-6-3-4-7-16(15)23-12-17(22)20-8-5-9-21-14(11-20)10-18-19-21/h3-4,6-7,10,13H,5,8-9,11-12H2,1-2H3. The Kier molecular flexibility index (Phi) is 4.60. The summed E-state index contributed by atoms with van der Waals surface area (Å²) in [7, 11) is 0. The molecule has 1 aliphatic heterocycles. The third kappa shape index (κ3) is 3.52. The first-order valence-electron chi connectivity index (χ1n) is 8.02. The lowest BCUT2D eigenvalue weighted by Gasteiger charge is -2.21. The smallest absolute Gasteiger partial charge is 0.260 e. The van der Waals surface area contributed by atoms with Crippen LogP contribution in [0.3, 0.4) is 0 Å². The van der Waals surface area contributed by atoms with E-state index in [1.54, 1.807) is 6.20 Å². The van der Waals surface area contributed by atoms with Crippen molar-refractivity contribution in [3.8, 4) is 5.75 Å². The Balaban J connectivity index is 1.64. The van der Waals surface area contributed by atoms with Gasteiger partial charge >= 0.3 is 0 Å². The number of fused-ring (bicyclic) bond motifs is 1. The van der Waals surface area contributed by atoms with E-state index in [0.29, 0.717) is 12.5 Å². The van der Waals surface area contributed by atoms with Crippen molar-refractivity contribution in [1.29, 1.82) is 0 Å². The van der Waals surface area contributed by atoms with Crippen LogP contribution in [0.25, 0.3) is 0 Å². The third-order valence-electron chi connectivity index (χ3n) is 4.09. The Morgan fingerprint density at radius 3 is 2.96 bits per heavy atom. The van der Waals surface area contributed by atoms with E-state index in [-0.39, 0.29) is 12.5 Å². The van der Waals surface area contributed by atoms with Gasteiger partial charge in [0.15, 0.2) is 6.61 Å². The van der Waals surface area contributed by atoms with Gasteiger partial charge in [-0.15, -0.1) is 5.10 Å². The molecule has 6 nitrogen and oxygen atoms in total. The number of benzene rings is 1. The summed E-state index contributed by atoms with van der Waals surface area (Å²) in [6, 6.07) is 7.89. The van der Waals surface area contributed by atoms with Gasteiger partial charge in [0.2, 0.25) is 0 Å². The number of hydrogen-bond donors (Lipinski definition) is 0. The summed E-state index contributed by atoms with van der Waals surface area (Å²) < 4.78 is 7.66. The Morgan fingerprint density at radius 1 is 1.30 bits per heavy atom. The lowest BCUT2D eigenvalue weighted by molar-refractivity contribution is -0.134. The molecule has 0 fully saturated rings. The average Bonchev–Trinajstić information content (AvgIpc) is 2.89. The maximum atomic E-state index is 12.5. The summed E-state index contributed by atoms with van der Waals surface area (Å²) in [5, 5.41) is 7.94. The van der Waals surface area contributed by atoms with E-state index in [9.17, 15) is 4.79 Å². The molecule has 1 aromatic heterocycles. The van der Waals surface area contributed by atoms with E-state index in [2.05, 4.69) is 24.2 Å². The summed E-state index contributed by atoms with van der Waals surface area (Å²) in [5.74, 6) is 1.15. The molecular formula is C17H22N4O2. The number of rotatable bonds is 4. The molecule has 0 N–H and O–H groups in total. The second kappa shape index (κ2) is 6.81. The lowest BCUT2D eigenvalue weighted by Crippen LogP contribution is -2.34. The molecule has 122 valence electrons. The highest BCUT2D eigenvalue weighted by molar-refractivity contribution is 5.77. The molecule has 0 aliphatic carbocycles. The van der Waals surface area contributed by atoms with E-state index < -0.39 is 0 Å². The number of aromatic nitrogens is 3. The van der Waals surface area contributed by atoms with Gasteiger partial charge in [-0.3, -0.25) is 4.79 Å². The van der Waals surface area contributed by atoms with Gasteiger partial charge in [-0.05, 0) is 24.0 Å². The summed E-state index contributed by atoms with van der Waals surface area (Å²) in [4.78, 5) is 14.3. The van der Waals surface area contributed by atoms with Crippen LogP contribution in [0.4, 0.5) is 0 Å². The van der Waals surface area contributed by atoms with Crippen molar-refractivity contribution in [2.45, 2.75) is 39.3 Å². The Hall–Kier alpha value is -2.37. The highest BCUT2D eigenvalue weighted by Gasteiger charge is 2.20. The van der Waals surface area contributed by atoms with Gasteiger partial charge in [-0.2, -0.15) is 0 Å². The maximum Gasteiger partial charge on any atom is 0.260 e. The molecule has 3 rings (SSSR count). The number of ether oxygens (including phenoxy) is 1. The number of aryl methyl sites for hydroxylation is 1. The summed E-state index contributed by atoms with van der Waals surface area (Å²) in [5.41, 5.74) is 2.09. The van der Waals surface area contributed by atoms with Crippen molar-refractivity contribution in [2.75, 3.05) is 13.2 Å². The molecule has 0 unspecified atom stereocenters. The van der Waals surface area contributed by atoms with Gasteiger partial charge in [0, 0.05) is 13.1 Å². The molecule has 0 saturated carbocycles. The predicted octanol–water partition coefficient (Wildman–Crippen LogP) is 2.21. The second-order valence-electron chi connectivity index (χ2n) is 6.10. The number of carbonyl (C=O) groups excluding carboxylic acids is 1. The van der Waals surface area contributed by atoms with E-state index in [1.165, 1.54) is 0 Å². The minimum Gasteiger partial charge on any atom is -0.483 e. The quantitative estimate of drug-likeness (QED) is 0.868.